The Labute approximate surface area is 130 Å². The smallest absolute Gasteiger partial charge is 0.0360 e. The lowest BCUT2D eigenvalue weighted by atomic mass is 9.75. The maximum absolute atomic E-state index is 3.74. The molecule has 2 unspecified atom stereocenters. The van der Waals surface area contributed by atoms with Gasteiger partial charge in [-0.15, -0.1) is 0 Å². The molecule has 2 atom stereocenters. The second-order valence-electron chi connectivity index (χ2n) is 7.12. The van der Waals surface area contributed by atoms with Crippen LogP contribution in [-0.4, -0.2) is 35.6 Å². The van der Waals surface area contributed by atoms with E-state index in [0.29, 0.717) is 5.54 Å². The maximum Gasteiger partial charge on any atom is 0.0360 e. The number of rotatable bonds is 7. The molecule has 1 aromatic rings. The Balaban J connectivity index is 1.92. The summed E-state index contributed by atoms with van der Waals surface area (Å²) in [4.78, 5) is 2.46. The van der Waals surface area contributed by atoms with Crippen molar-refractivity contribution < 1.29 is 0 Å². The molecule has 3 nitrogen and oxygen atoms in total. The predicted molar refractivity (Wildman–Crippen MR) is 90.5 cm³/mol. The Morgan fingerprint density at radius 2 is 2.24 bits per heavy atom. The van der Waals surface area contributed by atoms with Crippen LogP contribution in [0.1, 0.15) is 51.6 Å². The minimum atomic E-state index is 0.347. The maximum atomic E-state index is 3.74. The van der Waals surface area contributed by atoms with Crippen LogP contribution in [0.15, 0.2) is 18.3 Å². The molecule has 1 saturated carbocycles. The summed E-state index contributed by atoms with van der Waals surface area (Å²) in [5, 5.41) is 3.74. The van der Waals surface area contributed by atoms with Crippen molar-refractivity contribution in [3.63, 3.8) is 0 Å². The summed E-state index contributed by atoms with van der Waals surface area (Å²) in [6, 6.07) is 4.41. The van der Waals surface area contributed by atoms with E-state index in [1.165, 1.54) is 37.8 Å². The van der Waals surface area contributed by atoms with Gasteiger partial charge >= 0.3 is 0 Å². The summed E-state index contributed by atoms with van der Waals surface area (Å²) in [5.74, 6) is 0.854. The van der Waals surface area contributed by atoms with Crippen molar-refractivity contribution in [2.45, 2.75) is 64.6 Å². The van der Waals surface area contributed by atoms with Crippen LogP contribution in [0, 0.1) is 5.92 Å². The fraction of sp³-hybridized carbons (Fsp3) is 0.778. The van der Waals surface area contributed by atoms with Crippen LogP contribution >= 0.6 is 0 Å². The highest BCUT2D eigenvalue weighted by atomic mass is 15.2. The van der Waals surface area contributed by atoms with Crippen LogP contribution in [0.25, 0.3) is 0 Å². The lowest BCUT2D eigenvalue weighted by Gasteiger charge is -2.45. The van der Waals surface area contributed by atoms with Crippen LogP contribution < -0.4 is 5.32 Å². The Morgan fingerprint density at radius 1 is 1.43 bits per heavy atom. The summed E-state index contributed by atoms with van der Waals surface area (Å²) >= 11 is 0. The Bertz CT molecular complexity index is 424. The second-order valence-corrected chi connectivity index (χ2v) is 7.12. The number of nitrogens with one attached hydrogen (secondary N) is 1. The van der Waals surface area contributed by atoms with Crippen LogP contribution in [0.5, 0.6) is 0 Å². The minimum Gasteiger partial charge on any atom is -0.350 e. The number of hydrogen-bond acceptors (Lipinski definition) is 2. The first-order chi connectivity index (χ1) is 10.1. The Morgan fingerprint density at radius 3 is 2.90 bits per heavy atom. The first-order valence-corrected chi connectivity index (χ1v) is 8.59. The fourth-order valence-corrected chi connectivity index (χ4v) is 3.85. The molecule has 3 heteroatoms. The molecule has 0 aromatic carbocycles. The summed E-state index contributed by atoms with van der Waals surface area (Å²) in [6.07, 6.45) is 8.81. The van der Waals surface area contributed by atoms with Crippen LogP contribution in [-0.2, 0) is 13.1 Å². The van der Waals surface area contributed by atoms with Crippen molar-refractivity contribution in [1.82, 2.24) is 14.8 Å². The molecule has 0 radical (unpaired) electrons. The van der Waals surface area contributed by atoms with Gasteiger partial charge in [0, 0.05) is 37.1 Å². The third-order valence-electron chi connectivity index (χ3n) is 5.16. The third-order valence-corrected chi connectivity index (χ3v) is 5.16. The van der Waals surface area contributed by atoms with Gasteiger partial charge in [-0.25, -0.2) is 0 Å². The molecule has 1 aliphatic rings. The molecule has 2 rings (SSSR count). The van der Waals surface area contributed by atoms with Crippen molar-refractivity contribution >= 4 is 0 Å². The SMILES string of the molecule is CCCn1cccc1CNCC1(N(C)C)CCCC(C)C1. The topological polar surface area (TPSA) is 20.2 Å². The van der Waals surface area contributed by atoms with Gasteiger partial charge in [0.15, 0.2) is 0 Å². The first-order valence-electron chi connectivity index (χ1n) is 8.59. The Kier molecular flexibility index (Phi) is 5.88. The van der Waals surface area contributed by atoms with Gasteiger partial charge < -0.3 is 14.8 Å². The van der Waals surface area contributed by atoms with E-state index in [-0.39, 0.29) is 0 Å². The molecule has 1 N–H and O–H groups in total. The third kappa shape index (κ3) is 4.10. The molecule has 1 heterocycles. The van der Waals surface area contributed by atoms with E-state index in [4.69, 9.17) is 0 Å². The molecular formula is C18H33N3. The highest BCUT2D eigenvalue weighted by Gasteiger charge is 2.36. The summed E-state index contributed by atoms with van der Waals surface area (Å²) in [7, 11) is 4.50. The van der Waals surface area contributed by atoms with Crippen LogP contribution in [0.2, 0.25) is 0 Å². The van der Waals surface area contributed by atoms with Gasteiger partial charge in [0.1, 0.15) is 0 Å². The molecule has 21 heavy (non-hydrogen) atoms. The molecule has 0 saturated heterocycles. The monoisotopic (exact) mass is 291 g/mol. The number of likely N-dealkylation sites (N-methyl/N-ethyl adjacent to an activating group) is 1. The largest absolute Gasteiger partial charge is 0.350 e. The lowest BCUT2D eigenvalue weighted by molar-refractivity contribution is 0.0748. The summed E-state index contributed by atoms with van der Waals surface area (Å²) in [5.41, 5.74) is 1.76. The van der Waals surface area contributed by atoms with E-state index < -0.39 is 0 Å². The zero-order chi connectivity index (χ0) is 15.3. The van der Waals surface area contributed by atoms with Gasteiger partial charge in [0.05, 0.1) is 0 Å². The van der Waals surface area contributed by atoms with E-state index in [1.54, 1.807) is 0 Å². The quantitative estimate of drug-likeness (QED) is 0.830. The molecule has 1 aromatic heterocycles. The van der Waals surface area contributed by atoms with Gasteiger partial charge in [-0.1, -0.05) is 26.7 Å². The average molecular weight is 291 g/mol. The predicted octanol–water partition coefficient (Wildman–Crippen LogP) is 3.50. The molecule has 1 aliphatic carbocycles. The fourth-order valence-electron chi connectivity index (χ4n) is 3.85. The number of hydrogen-bond donors (Lipinski definition) is 1. The van der Waals surface area contributed by atoms with Crippen LogP contribution in [0.3, 0.4) is 0 Å². The van der Waals surface area contributed by atoms with E-state index in [0.717, 1.165) is 25.6 Å². The van der Waals surface area contributed by atoms with E-state index in [1.807, 2.05) is 0 Å². The van der Waals surface area contributed by atoms with Crippen molar-refractivity contribution in [1.29, 1.82) is 0 Å². The zero-order valence-corrected chi connectivity index (χ0v) is 14.4. The summed E-state index contributed by atoms with van der Waals surface area (Å²) < 4.78 is 2.37. The number of aromatic nitrogens is 1. The normalized spacial score (nSPS) is 26.4. The molecule has 0 aliphatic heterocycles. The first kappa shape index (κ1) is 16.6. The van der Waals surface area contributed by atoms with Crippen molar-refractivity contribution in [3.05, 3.63) is 24.0 Å². The van der Waals surface area contributed by atoms with Gasteiger partial charge in [0.2, 0.25) is 0 Å². The minimum absolute atomic E-state index is 0.347. The molecule has 0 spiro atoms. The standard InChI is InChI=1S/C18H33N3/c1-5-11-21-12-7-9-17(21)14-19-15-18(20(3)4)10-6-8-16(2)13-18/h7,9,12,16,19H,5-6,8,10-11,13-15H2,1-4H3. The average Bonchev–Trinajstić information content (AvgIpc) is 2.87. The molecule has 1 fully saturated rings. The molecule has 0 bridgehead atoms. The van der Waals surface area contributed by atoms with E-state index in [9.17, 15) is 0 Å². The molecular weight excluding hydrogens is 258 g/mol. The highest BCUT2D eigenvalue weighted by molar-refractivity contribution is 5.07. The summed E-state index contributed by atoms with van der Waals surface area (Å²) in [6.45, 7) is 7.85. The van der Waals surface area contributed by atoms with Crippen molar-refractivity contribution in [2.75, 3.05) is 20.6 Å². The Hall–Kier alpha value is -0.800. The van der Waals surface area contributed by atoms with Gasteiger partial charge in [-0.05, 0) is 51.4 Å². The van der Waals surface area contributed by atoms with Crippen molar-refractivity contribution in [3.8, 4) is 0 Å². The van der Waals surface area contributed by atoms with Gasteiger partial charge in [-0.3, -0.25) is 0 Å². The lowest BCUT2D eigenvalue weighted by Crippen LogP contribution is -2.54. The molecule has 0 amide bonds. The van der Waals surface area contributed by atoms with E-state index >= 15 is 0 Å². The number of nitrogens with zero attached hydrogens (tertiary/aromatic N) is 2. The van der Waals surface area contributed by atoms with Crippen molar-refractivity contribution in [2.24, 2.45) is 5.92 Å². The van der Waals surface area contributed by atoms with E-state index in [2.05, 4.69) is 61.1 Å². The molecule has 120 valence electrons. The highest BCUT2D eigenvalue weighted by Crippen LogP contribution is 2.35. The van der Waals surface area contributed by atoms with Gasteiger partial charge in [0.25, 0.3) is 0 Å². The second kappa shape index (κ2) is 7.46. The number of aryl methyl sites for hydroxylation is 1. The van der Waals surface area contributed by atoms with Gasteiger partial charge in [-0.2, -0.15) is 0 Å². The zero-order valence-electron chi connectivity index (χ0n) is 14.4. The van der Waals surface area contributed by atoms with Crippen LogP contribution in [0.4, 0.5) is 0 Å².